The predicted molar refractivity (Wildman–Crippen MR) is 127 cm³/mol. The summed E-state index contributed by atoms with van der Waals surface area (Å²) >= 11 is 9.26. The number of carbonyl (C=O) groups excluding carboxylic acids is 2. The fraction of sp³-hybridized carbons (Fsp3) is 0.0833. The van der Waals surface area contributed by atoms with Crippen molar-refractivity contribution in [3.8, 4) is 11.5 Å². The summed E-state index contributed by atoms with van der Waals surface area (Å²) < 4.78 is 12.2. The average Bonchev–Trinajstić information content (AvgIpc) is 3.08. The zero-order valence-electron chi connectivity index (χ0n) is 17.0. The van der Waals surface area contributed by atoms with Gasteiger partial charge in [0, 0.05) is 9.50 Å². The van der Waals surface area contributed by atoms with Gasteiger partial charge in [-0.2, -0.15) is 0 Å². The van der Waals surface area contributed by atoms with Crippen LogP contribution in [0, 0.1) is 0 Å². The van der Waals surface area contributed by atoms with Crippen LogP contribution in [0.1, 0.15) is 11.1 Å². The highest BCUT2D eigenvalue weighted by molar-refractivity contribution is 9.10. The van der Waals surface area contributed by atoms with Crippen molar-refractivity contribution in [1.29, 1.82) is 0 Å². The van der Waals surface area contributed by atoms with E-state index in [0.29, 0.717) is 34.4 Å². The van der Waals surface area contributed by atoms with E-state index in [2.05, 4.69) is 21.4 Å². The van der Waals surface area contributed by atoms with Crippen LogP contribution >= 0.6 is 27.5 Å². The van der Waals surface area contributed by atoms with Crippen LogP contribution in [0.3, 0.4) is 0 Å². The molecule has 2 amide bonds. The average molecular weight is 514 g/mol. The first-order valence-electron chi connectivity index (χ1n) is 9.62. The molecular formula is C24H18BrClN2O4. The summed E-state index contributed by atoms with van der Waals surface area (Å²) in [5.74, 6) is 0.131. The standard InChI is InChI=1S/C24H18BrClN2O4/c1-31-22-13-16(4-11-21(22)32-14-15-2-7-18(26)8-3-15)12-20-23(29)27-28(24(20)30)19-9-5-17(25)6-10-19/h2-13H,14H2,1H3,(H,27,29)/b20-12-. The van der Waals surface area contributed by atoms with E-state index in [-0.39, 0.29) is 5.57 Å². The molecule has 3 aromatic rings. The lowest BCUT2D eigenvalue weighted by Crippen LogP contribution is -2.35. The monoisotopic (exact) mass is 512 g/mol. The fourth-order valence-electron chi connectivity index (χ4n) is 3.13. The number of rotatable bonds is 6. The largest absolute Gasteiger partial charge is 0.493 e. The van der Waals surface area contributed by atoms with E-state index < -0.39 is 11.8 Å². The Morgan fingerprint density at radius 3 is 2.41 bits per heavy atom. The number of benzene rings is 3. The van der Waals surface area contributed by atoms with Crippen LogP contribution in [-0.4, -0.2) is 18.9 Å². The molecule has 3 aromatic carbocycles. The Labute approximate surface area is 198 Å². The van der Waals surface area contributed by atoms with Gasteiger partial charge in [-0.15, -0.1) is 0 Å². The molecule has 0 aromatic heterocycles. The molecule has 0 saturated carbocycles. The third-order valence-corrected chi connectivity index (χ3v) is 5.56. The molecular weight excluding hydrogens is 496 g/mol. The number of halogens is 2. The van der Waals surface area contributed by atoms with Crippen molar-refractivity contribution < 1.29 is 19.1 Å². The Morgan fingerprint density at radius 1 is 1.00 bits per heavy atom. The second-order valence-corrected chi connectivity index (χ2v) is 8.29. The molecule has 1 N–H and O–H groups in total. The Kier molecular flexibility index (Phi) is 6.48. The molecule has 0 aliphatic carbocycles. The third kappa shape index (κ3) is 4.79. The molecule has 1 saturated heterocycles. The van der Waals surface area contributed by atoms with Crippen molar-refractivity contribution >= 4 is 51.1 Å². The number of amides is 2. The summed E-state index contributed by atoms with van der Waals surface area (Å²) in [5, 5.41) is 1.88. The molecule has 1 fully saturated rings. The maximum atomic E-state index is 12.8. The zero-order valence-corrected chi connectivity index (χ0v) is 19.3. The molecule has 0 spiro atoms. The van der Waals surface area contributed by atoms with Gasteiger partial charge in [-0.3, -0.25) is 15.0 Å². The zero-order chi connectivity index (χ0) is 22.7. The topological polar surface area (TPSA) is 67.9 Å². The Balaban J connectivity index is 1.53. The minimum Gasteiger partial charge on any atom is -0.493 e. The van der Waals surface area contributed by atoms with Crippen LogP contribution < -0.4 is 19.9 Å². The van der Waals surface area contributed by atoms with E-state index in [1.54, 1.807) is 54.6 Å². The molecule has 1 heterocycles. The summed E-state index contributed by atoms with van der Waals surface area (Å²) in [4.78, 5) is 25.2. The van der Waals surface area contributed by atoms with E-state index in [1.807, 2.05) is 12.1 Å². The van der Waals surface area contributed by atoms with E-state index >= 15 is 0 Å². The van der Waals surface area contributed by atoms with Gasteiger partial charge in [0.2, 0.25) is 0 Å². The SMILES string of the molecule is COc1cc(/C=C2/C(=O)NN(c3ccc(Br)cc3)C2=O)ccc1OCc1ccc(Cl)cc1. The van der Waals surface area contributed by atoms with Crippen molar-refractivity contribution in [2.45, 2.75) is 6.61 Å². The van der Waals surface area contributed by atoms with E-state index in [1.165, 1.54) is 18.2 Å². The van der Waals surface area contributed by atoms with Gasteiger partial charge in [0.1, 0.15) is 12.2 Å². The molecule has 6 nitrogen and oxygen atoms in total. The molecule has 1 aliphatic heterocycles. The first kappa shape index (κ1) is 21.9. The highest BCUT2D eigenvalue weighted by atomic mass is 79.9. The number of anilines is 1. The number of hydrogen-bond acceptors (Lipinski definition) is 4. The lowest BCUT2D eigenvalue weighted by Gasteiger charge is -2.14. The minimum absolute atomic E-state index is 0.0322. The normalized spacial score (nSPS) is 14.6. The number of carbonyl (C=O) groups is 2. The van der Waals surface area contributed by atoms with Gasteiger partial charge in [-0.25, -0.2) is 5.01 Å². The van der Waals surface area contributed by atoms with Crippen molar-refractivity contribution in [1.82, 2.24) is 5.43 Å². The lowest BCUT2D eigenvalue weighted by molar-refractivity contribution is -0.117. The van der Waals surface area contributed by atoms with Crippen LogP contribution in [0.25, 0.3) is 6.08 Å². The van der Waals surface area contributed by atoms with Crippen LogP contribution in [0.5, 0.6) is 11.5 Å². The van der Waals surface area contributed by atoms with E-state index in [9.17, 15) is 9.59 Å². The van der Waals surface area contributed by atoms with Gasteiger partial charge in [-0.1, -0.05) is 45.7 Å². The maximum Gasteiger partial charge on any atom is 0.282 e. The van der Waals surface area contributed by atoms with Crippen LogP contribution in [-0.2, 0) is 16.2 Å². The molecule has 162 valence electrons. The quantitative estimate of drug-likeness (QED) is 0.366. The Hall–Kier alpha value is -3.29. The van der Waals surface area contributed by atoms with Crippen molar-refractivity contribution in [3.63, 3.8) is 0 Å². The van der Waals surface area contributed by atoms with Crippen molar-refractivity contribution in [2.24, 2.45) is 0 Å². The van der Waals surface area contributed by atoms with Gasteiger partial charge in [0.05, 0.1) is 12.8 Å². The fourth-order valence-corrected chi connectivity index (χ4v) is 3.52. The molecule has 0 bridgehead atoms. The number of ether oxygens (including phenoxy) is 2. The highest BCUT2D eigenvalue weighted by Gasteiger charge is 2.34. The second kappa shape index (κ2) is 9.46. The summed E-state index contributed by atoms with van der Waals surface area (Å²) in [5.41, 5.74) is 4.79. The van der Waals surface area contributed by atoms with Gasteiger partial charge < -0.3 is 9.47 Å². The molecule has 0 atom stereocenters. The van der Waals surface area contributed by atoms with Gasteiger partial charge >= 0.3 is 0 Å². The molecule has 8 heteroatoms. The molecule has 0 radical (unpaired) electrons. The number of hydrogen-bond donors (Lipinski definition) is 1. The number of methoxy groups -OCH3 is 1. The van der Waals surface area contributed by atoms with E-state index in [4.69, 9.17) is 21.1 Å². The minimum atomic E-state index is -0.472. The molecule has 32 heavy (non-hydrogen) atoms. The number of nitrogens with zero attached hydrogens (tertiary/aromatic N) is 1. The number of hydrazine groups is 1. The van der Waals surface area contributed by atoms with Gasteiger partial charge in [-0.05, 0) is 65.7 Å². The Morgan fingerprint density at radius 2 is 1.72 bits per heavy atom. The first-order chi connectivity index (χ1) is 15.4. The summed E-state index contributed by atoms with van der Waals surface area (Å²) in [7, 11) is 1.53. The predicted octanol–water partition coefficient (Wildman–Crippen LogP) is 5.15. The molecule has 0 unspecified atom stereocenters. The second-order valence-electron chi connectivity index (χ2n) is 6.94. The molecule has 4 rings (SSSR count). The number of nitrogens with one attached hydrogen (secondary N) is 1. The van der Waals surface area contributed by atoms with Gasteiger partial charge in [0.15, 0.2) is 11.5 Å². The van der Waals surface area contributed by atoms with Crippen molar-refractivity contribution in [3.05, 3.63) is 92.9 Å². The summed E-state index contributed by atoms with van der Waals surface area (Å²) in [6, 6.07) is 19.6. The lowest BCUT2D eigenvalue weighted by atomic mass is 10.1. The Bertz CT molecular complexity index is 1190. The van der Waals surface area contributed by atoms with E-state index in [0.717, 1.165) is 10.0 Å². The van der Waals surface area contributed by atoms with Crippen molar-refractivity contribution in [2.75, 3.05) is 12.1 Å². The third-order valence-electron chi connectivity index (χ3n) is 4.78. The van der Waals surface area contributed by atoms with Gasteiger partial charge in [0.25, 0.3) is 11.8 Å². The first-order valence-corrected chi connectivity index (χ1v) is 10.8. The van der Waals surface area contributed by atoms with Crippen LogP contribution in [0.4, 0.5) is 5.69 Å². The van der Waals surface area contributed by atoms with Crippen LogP contribution in [0.15, 0.2) is 76.8 Å². The van der Waals surface area contributed by atoms with Crippen LogP contribution in [0.2, 0.25) is 5.02 Å². The summed E-state index contributed by atoms with van der Waals surface area (Å²) in [6.07, 6.45) is 1.53. The summed E-state index contributed by atoms with van der Waals surface area (Å²) in [6.45, 7) is 0.344. The smallest absolute Gasteiger partial charge is 0.282 e. The maximum absolute atomic E-state index is 12.8. The molecule has 1 aliphatic rings. The highest BCUT2D eigenvalue weighted by Crippen LogP contribution is 2.31.